The van der Waals surface area contributed by atoms with E-state index in [9.17, 15) is 29.4 Å². The summed E-state index contributed by atoms with van der Waals surface area (Å²) in [5.41, 5.74) is 16.1. The zero-order valence-electron chi connectivity index (χ0n) is 22.9. The standard InChI is InChI=1S/C23H30N10O7S2/c1-23(2,21(38)39)40-29-12(16-28-22(26)42-30-16)17(34)27-13-18(35)33-14(20(36)37)11(9-41-19(13)33)8-32-7-10(5-4-6-24)15(25)31(32)3/h7,13,19,25H,4-6,8-9,24H2,1-3H3,(H5,26,27,28,30,34,36,37,38,39)/b29-12+/t13-,19-/m1/s1. The first-order valence-corrected chi connectivity index (χ1v) is 14.4. The summed E-state index contributed by atoms with van der Waals surface area (Å²) >= 11 is 2.02. The van der Waals surface area contributed by atoms with Gasteiger partial charge in [0.25, 0.3) is 11.8 Å². The molecule has 2 aliphatic rings. The maximum atomic E-state index is 13.2. The Labute approximate surface area is 247 Å². The fraction of sp³-hybridized carbons (Fsp3) is 0.478. The van der Waals surface area contributed by atoms with Crippen molar-refractivity contribution in [3.63, 3.8) is 0 Å². The molecule has 17 nitrogen and oxygen atoms in total. The summed E-state index contributed by atoms with van der Waals surface area (Å²) in [6, 6.07) is -1.13. The molecule has 0 aromatic carbocycles. The molecule has 2 aromatic heterocycles. The number of nitrogens with zero attached hydrogens (tertiary/aromatic N) is 6. The molecule has 0 radical (unpaired) electrons. The molecule has 226 valence electrons. The molecule has 1 saturated heterocycles. The van der Waals surface area contributed by atoms with Crippen molar-refractivity contribution in [3.8, 4) is 0 Å². The van der Waals surface area contributed by atoms with Crippen molar-refractivity contribution in [2.45, 2.75) is 50.3 Å². The van der Waals surface area contributed by atoms with Crippen LogP contribution in [0.1, 0.15) is 31.7 Å². The Morgan fingerprint density at radius 3 is 2.67 bits per heavy atom. The number of nitrogens with two attached hydrogens (primary N) is 3. The number of anilines is 2. The van der Waals surface area contributed by atoms with E-state index >= 15 is 0 Å². The number of oxime groups is 1. The summed E-state index contributed by atoms with van der Waals surface area (Å²) in [6.07, 6.45) is 3.21. The van der Waals surface area contributed by atoms with Gasteiger partial charge in [-0.25, -0.2) is 4.79 Å². The van der Waals surface area contributed by atoms with Crippen molar-refractivity contribution in [1.82, 2.24) is 24.3 Å². The third kappa shape index (κ3) is 5.88. The van der Waals surface area contributed by atoms with Crippen molar-refractivity contribution in [1.29, 1.82) is 0 Å². The number of carboxylic acids is 2. The molecule has 4 rings (SSSR count). The quantitative estimate of drug-likeness (QED) is 0.0681. The van der Waals surface area contributed by atoms with E-state index in [0.29, 0.717) is 24.4 Å². The highest BCUT2D eigenvalue weighted by Crippen LogP contribution is 2.40. The number of thioether (sulfide) groups is 1. The molecule has 2 aliphatic heterocycles. The van der Waals surface area contributed by atoms with E-state index in [1.54, 1.807) is 16.4 Å². The number of hydrogen-bond acceptors (Lipinski definition) is 14. The van der Waals surface area contributed by atoms with E-state index < -0.39 is 46.5 Å². The number of nitrogens with one attached hydrogen (secondary N) is 1. The topological polar surface area (TPSA) is 261 Å². The lowest BCUT2D eigenvalue weighted by Gasteiger charge is -2.50. The normalized spacial score (nSPS) is 18.9. The van der Waals surface area contributed by atoms with Gasteiger partial charge in [-0.15, -0.1) is 21.1 Å². The highest BCUT2D eigenvalue weighted by atomic mass is 32.2. The smallest absolute Gasteiger partial charge is 0.350 e. The number of hydrogen-bond donors (Lipinski definition) is 5. The van der Waals surface area contributed by atoms with Crippen LogP contribution in [0.2, 0.25) is 0 Å². The molecule has 2 aromatic rings. The van der Waals surface area contributed by atoms with Gasteiger partial charge in [0.15, 0.2) is 17.5 Å². The minimum Gasteiger partial charge on any atom is -0.543 e. The maximum Gasteiger partial charge on any atom is 0.350 e. The molecule has 2 atom stereocenters. The number of carbonyl (C=O) groups is 4. The maximum absolute atomic E-state index is 13.2. The fourth-order valence-electron chi connectivity index (χ4n) is 4.23. The number of carboxylic acid groups (broad SMARTS) is 2. The number of amides is 2. The molecule has 0 aliphatic carbocycles. The van der Waals surface area contributed by atoms with Crippen LogP contribution < -0.4 is 32.3 Å². The lowest BCUT2D eigenvalue weighted by atomic mass is 10.0. The van der Waals surface area contributed by atoms with Crippen LogP contribution in [0.4, 0.5) is 10.9 Å². The lowest BCUT2D eigenvalue weighted by molar-refractivity contribution is -0.765. The average Bonchev–Trinajstić information content (AvgIpc) is 3.47. The Hall–Kier alpha value is -4.23. The minimum atomic E-state index is -1.80. The Bertz CT molecular complexity index is 1500. The number of aryl methyl sites for hydroxylation is 1. The monoisotopic (exact) mass is 622 g/mol. The molecule has 2 amide bonds. The number of aromatic nitrogens is 4. The van der Waals surface area contributed by atoms with Crippen molar-refractivity contribution in [3.05, 3.63) is 28.9 Å². The van der Waals surface area contributed by atoms with Crippen molar-refractivity contribution < 1.29 is 38.9 Å². The summed E-state index contributed by atoms with van der Waals surface area (Å²) in [6.45, 7) is 3.07. The molecular weight excluding hydrogens is 592 g/mol. The van der Waals surface area contributed by atoms with Crippen molar-refractivity contribution in [2.24, 2.45) is 17.9 Å². The number of aliphatic carboxylic acids is 2. The van der Waals surface area contributed by atoms with Gasteiger partial charge in [-0.2, -0.15) is 9.36 Å². The van der Waals surface area contributed by atoms with Crippen LogP contribution in [-0.2, 0) is 44.0 Å². The van der Waals surface area contributed by atoms with Gasteiger partial charge in [0.05, 0.1) is 24.3 Å². The van der Waals surface area contributed by atoms with Gasteiger partial charge in [0, 0.05) is 22.9 Å². The van der Waals surface area contributed by atoms with Crippen LogP contribution in [0.3, 0.4) is 0 Å². The van der Waals surface area contributed by atoms with E-state index in [1.807, 2.05) is 6.20 Å². The predicted molar refractivity (Wildman–Crippen MR) is 148 cm³/mol. The first-order valence-electron chi connectivity index (χ1n) is 12.6. The van der Waals surface area contributed by atoms with Gasteiger partial charge in [-0.3, -0.25) is 14.5 Å². The highest BCUT2D eigenvalue weighted by molar-refractivity contribution is 8.00. The van der Waals surface area contributed by atoms with Crippen LogP contribution >= 0.6 is 23.3 Å². The summed E-state index contributed by atoms with van der Waals surface area (Å²) in [5, 5.41) is 26.9. The first-order chi connectivity index (χ1) is 19.8. The van der Waals surface area contributed by atoms with E-state index in [-0.39, 0.29) is 29.0 Å². The van der Waals surface area contributed by atoms with E-state index in [2.05, 4.69) is 19.8 Å². The molecule has 19 heteroatoms. The van der Waals surface area contributed by atoms with Crippen molar-refractivity contribution in [2.75, 3.05) is 23.8 Å². The Kier molecular flexibility index (Phi) is 8.73. The Morgan fingerprint density at radius 1 is 1.36 bits per heavy atom. The van der Waals surface area contributed by atoms with Crippen LogP contribution in [0.15, 0.2) is 22.6 Å². The largest absolute Gasteiger partial charge is 0.543 e. The van der Waals surface area contributed by atoms with Gasteiger partial charge in [-0.05, 0) is 33.2 Å². The second kappa shape index (κ2) is 11.9. The molecule has 4 heterocycles. The minimum absolute atomic E-state index is 0.0114. The van der Waals surface area contributed by atoms with Gasteiger partial charge in [-0.1, -0.05) is 5.16 Å². The molecule has 1 fully saturated rings. The van der Waals surface area contributed by atoms with Crippen molar-refractivity contribution >= 4 is 63.7 Å². The number of rotatable bonds is 12. The fourth-order valence-corrected chi connectivity index (χ4v) is 6.00. The number of nitrogen functional groups attached to an aromatic ring is 2. The molecule has 0 spiro atoms. The van der Waals surface area contributed by atoms with Gasteiger partial charge in [0.1, 0.15) is 11.4 Å². The average molecular weight is 623 g/mol. The van der Waals surface area contributed by atoms with Crippen LogP contribution in [0, 0.1) is 0 Å². The first kappa shape index (κ1) is 30.7. The highest BCUT2D eigenvalue weighted by Gasteiger charge is 2.53. The molecule has 0 unspecified atom stereocenters. The Morgan fingerprint density at radius 2 is 2.07 bits per heavy atom. The molecule has 42 heavy (non-hydrogen) atoms. The van der Waals surface area contributed by atoms with E-state index in [4.69, 9.17) is 22.0 Å². The zero-order valence-corrected chi connectivity index (χ0v) is 24.5. The number of β-lactam (4-membered cyclic amide) rings is 1. The number of fused-ring (bicyclic) bond motifs is 1. The van der Waals surface area contributed by atoms with Gasteiger partial charge >= 0.3 is 5.97 Å². The molecular formula is C23H30N10O7S2. The van der Waals surface area contributed by atoms with Crippen LogP contribution in [-0.4, -0.2) is 82.8 Å². The van der Waals surface area contributed by atoms with E-state index in [1.165, 1.54) is 25.6 Å². The Balaban J connectivity index is 1.55. The summed E-state index contributed by atoms with van der Waals surface area (Å²) in [4.78, 5) is 60.1. The zero-order chi connectivity index (χ0) is 30.9. The summed E-state index contributed by atoms with van der Waals surface area (Å²) in [5.74, 6) is -4.01. The molecule has 8 N–H and O–H groups in total. The van der Waals surface area contributed by atoms with Crippen LogP contribution in [0.5, 0.6) is 0 Å². The summed E-state index contributed by atoms with van der Waals surface area (Å²) in [7, 11) is 1.74. The predicted octanol–water partition coefficient (Wildman–Crippen LogP) is -3.09. The second-order valence-corrected chi connectivity index (χ2v) is 11.8. The third-order valence-corrected chi connectivity index (χ3v) is 8.53. The molecule has 0 saturated carbocycles. The van der Waals surface area contributed by atoms with Gasteiger partial charge in [0.2, 0.25) is 23.3 Å². The summed E-state index contributed by atoms with van der Waals surface area (Å²) < 4.78 is 7.36. The second-order valence-electron chi connectivity index (χ2n) is 9.96. The van der Waals surface area contributed by atoms with Gasteiger partial charge < -0.3 is 42.4 Å². The molecule has 0 bridgehead atoms. The lowest BCUT2D eigenvalue weighted by Crippen LogP contribution is -2.71. The van der Waals surface area contributed by atoms with Crippen LogP contribution in [0.25, 0.3) is 0 Å². The van der Waals surface area contributed by atoms with E-state index in [0.717, 1.165) is 28.4 Å². The SMILES string of the molecule is Cn1c(N)c(CCCN)c[n+]1CC1=C(C(=O)[O-])N2C(=O)[C@@H](NC(=O)/C(=N/OC(C)(C)C(=O)O)c3nsc(N)n3)[C@H]2SC1. The number of carbonyl (C=O) groups excluding carboxylic acids is 3. The third-order valence-electron chi connectivity index (χ3n) is 6.65.